The van der Waals surface area contributed by atoms with E-state index in [9.17, 15) is 13.2 Å². The van der Waals surface area contributed by atoms with Crippen molar-refractivity contribution < 1.29 is 13.2 Å². The number of aryl methyl sites for hydroxylation is 1. The normalized spacial score (nSPS) is 16.4. The molecule has 1 fully saturated rings. The molecule has 0 spiro atoms. The number of hydrogen-bond acceptors (Lipinski definition) is 3. The molecule has 2 N–H and O–H groups in total. The fourth-order valence-electron chi connectivity index (χ4n) is 3.94. The average molecular weight is 397 g/mol. The van der Waals surface area contributed by atoms with E-state index in [2.05, 4.69) is 10.0 Å². The highest BCUT2D eigenvalue weighted by Crippen LogP contribution is 2.40. The number of benzene rings is 2. The van der Waals surface area contributed by atoms with Gasteiger partial charge in [-0.1, -0.05) is 35.9 Å². The molecule has 0 saturated heterocycles. The van der Waals surface area contributed by atoms with Crippen molar-refractivity contribution in [1.29, 1.82) is 0 Å². The van der Waals surface area contributed by atoms with Crippen LogP contribution >= 0.6 is 0 Å². The van der Waals surface area contributed by atoms with Crippen LogP contribution in [0.1, 0.15) is 43.2 Å². The van der Waals surface area contributed by atoms with Crippen molar-refractivity contribution in [3.63, 3.8) is 0 Å². The molecule has 2 aromatic rings. The molecule has 0 aromatic heterocycles. The second-order valence-corrected chi connectivity index (χ2v) is 9.10. The molecule has 28 heavy (non-hydrogen) atoms. The summed E-state index contributed by atoms with van der Waals surface area (Å²) in [5.41, 5.74) is 4.42. The van der Waals surface area contributed by atoms with Crippen molar-refractivity contribution in [2.24, 2.45) is 0 Å². The molecule has 0 radical (unpaired) electrons. The summed E-state index contributed by atoms with van der Waals surface area (Å²) in [6, 6.07) is 14.9. The number of carbonyl (C=O) groups is 1. The molecule has 146 valence electrons. The highest BCUT2D eigenvalue weighted by atomic mass is 32.2. The number of nitrogens with one attached hydrogen (secondary N) is 2. The Labute approximate surface area is 165 Å². The van der Waals surface area contributed by atoms with Crippen LogP contribution in [0, 0.1) is 0 Å². The number of anilines is 1. The summed E-state index contributed by atoms with van der Waals surface area (Å²) in [7, 11) is -3.61. The van der Waals surface area contributed by atoms with E-state index in [1.165, 1.54) is 5.56 Å². The third kappa shape index (κ3) is 3.88. The second kappa shape index (κ2) is 7.89. The summed E-state index contributed by atoms with van der Waals surface area (Å²) in [5.74, 6) is -0.114. The van der Waals surface area contributed by atoms with Crippen molar-refractivity contribution in [3.8, 4) is 0 Å². The molecule has 6 heteroatoms. The first-order valence-electron chi connectivity index (χ1n) is 9.76. The molecule has 1 heterocycles. The van der Waals surface area contributed by atoms with E-state index >= 15 is 0 Å². The smallest absolute Gasteiger partial charge is 0.256 e. The van der Waals surface area contributed by atoms with Gasteiger partial charge < -0.3 is 5.32 Å². The summed E-state index contributed by atoms with van der Waals surface area (Å²) in [6.45, 7) is 0.374. The Balaban J connectivity index is 1.48. The largest absolute Gasteiger partial charge is 0.321 e. The molecule has 0 unspecified atom stereocenters. The quantitative estimate of drug-likeness (QED) is 0.575. The average Bonchev–Trinajstić information content (AvgIpc) is 3.32. The van der Waals surface area contributed by atoms with Crippen molar-refractivity contribution in [2.75, 3.05) is 11.9 Å². The van der Waals surface area contributed by atoms with Gasteiger partial charge in [-0.25, -0.2) is 13.1 Å². The van der Waals surface area contributed by atoms with E-state index < -0.39 is 10.0 Å². The first-order chi connectivity index (χ1) is 13.5. The van der Waals surface area contributed by atoms with Crippen LogP contribution in [-0.2, 0) is 21.2 Å². The first-order valence-corrected chi connectivity index (χ1v) is 11.2. The Morgan fingerprint density at radius 2 is 1.75 bits per heavy atom. The molecule has 2 aliphatic rings. The molecule has 1 aliphatic carbocycles. The van der Waals surface area contributed by atoms with Crippen LogP contribution < -0.4 is 10.0 Å². The van der Waals surface area contributed by atoms with Gasteiger partial charge in [0.2, 0.25) is 10.0 Å². The van der Waals surface area contributed by atoms with Gasteiger partial charge in [0, 0.05) is 23.4 Å². The highest BCUT2D eigenvalue weighted by Gasteiger charge is 2.30. The van der Waals surface area contributed by atoms with E-state index in [4.69, 9.17) is 0 Å². The molecule has 1 aliphatic heterocycles. The van der Waals surface area contributed by atoms with Crippen LogP contribution in [0.15, 0.2) is 59.0 Å². The van der Waals surface area contributed by atoms with Gasteiger partial charge in [-0.2, -0.15) is 0 Å². The Bertz CT molecular complexity index is 1020. The third-order valence-electron chi connectivity index (χ3n) is 5.38. The fraction of sp³-hybridized carbons (Fsp3) is 0.318. The van der Waals surface area contributed by atoms with Gasteiger partial charge in [-0.15, -0.1) is 0 Å². The zero-order valence-electron chi connectivity index (χ0n) is 15.7. The molecule has 5 nitrogen and oxygen atoms in total. The summed E-state index contributed by atoms with van der Waals surface area (Å²) in [5, 5.41) is 2.86. The third-order valence-corrected chi connectivity index (χ3v) is 6.84. The lowest BCUT2D eigenvalue weighted by atomic mass is 10.00. The van der Waals surface area contributed by atoms with Gasteiger partial charge in [-0.05, 0) is 62.3 Å². The van der Waals surface area contributed by atoms with Gasteiger partial charge in [0.15, 0.2) is 0 Å². The standard InChI is InChI=1S/C22H24N2O3S/c25-22-21(17-10-4-5-11-17)19-15-18(12-13-20(19)24-22)28(26,27)23-14-6-9-16-7-2-1-3-8-16/h1-3,7-8,12-13,15,23H,4-6,9-11,14H2,(H,24,25). The predicted octanol–water partition coefficient (Wildman–Crippen LogP) is 3.88. The maximum absolute atomic E-state index is 12.7. The lowest BCUT2D eigenvalue weighted by Crippen LogP contribution is -2.25. The van der Waals surface area contributed by atoms with Crippen molar-refractivity contribution in [3.05, 3.63) is 65.2 Å². The van der Waals surface area contributed by atoms with E-state index in [1.54, 1.807) is 18.2 Å². The minimum atomic E-state index is -3.61. The highest BCUT2D eigenvalue weighted by molar-refractivity contribution is 7.89. The summed E-state index contributed by atoms with van der Waals surface area (Å²) in [6.07, 6.45) is 5.55. The number of fused-ring (bicyclic) bond motifs is 1. The Hall–Kier alpha value is -2.44. The second-order valence-electron chi connectivity index (χ2n) is 7.33. The summed E-state index contributed by atoms with van der Waals surface area (Å²) < 4.78 is 28.1. The molecule has 0 bridgehead atoms. The number of rotatable bonds is 6. The van der Waals surface area contributed by atoms with Crippen LogP contribution in [0.3, 0.4) is 0 Å². The molecule has 2 aromatic carbocycles. The van der Waals surface area contributed by atoms with Gasteiger partial charge >= 0.3 is 0 Å². The van der Waals surface area contributed by atoms with Crippen LogP contribution in [0.25, 0.3) is 5.57 Å². The number of carbonyl (C=O) groups excluding carboxylic acids is 1. The molecular weight excluding hydrogens is 372 g/mol. The Morgan fingerprint density at radius 1 is 1.00 bits per heavy atom. The molecule has 4 rings (SSSR count). The van der Waals surface area contributed by atoms with Crippen molar-refractivity contribution in [2.45, 2.75) is 43.4 Å². The summed E-state index contributed by atoms with van der Waals surface area (Å²) >= 11 is 0. The molecule has 1 saturated carbocycles. The number of sulfonamides is 1. The predicted molar refractivity (Wildman–Crippen MR) is 110 cm³/mol. The van der Waals surface area contributed by atoms with Crippen LogP contribution in [-0.4, -0.2) is 20.9 Å². The molecule has 1 amide bonds. The van der Waals surface area contributed by atoms with E-state index in [1.807, 2.05) is 30.3 Å². The monoisotopic (exact) mass is 396 g/mol. The van der Waals surface area contributed by atoms with Crippen LogP contribution in [0.5, 0.6) is 0 Å². The van der Waals surface area contributed by atoms with Gasteiger partial charge in [0.25, 0.3) is 5.91 Å². The number of amides is 1. The Kier molecular flexibility index (Phi) is 5.33. The van der Waals surface area contributed by atoms with Crippen molar-refractivity contribution >= 4 is 27.2 Å². The lowest BCUT2D eigenvalue weighted by Gasteiger charge is -2.09. The van der Waals surface area contributed by atoms with Crippen molar-refractivity contribution in [1.82, 2.24) is 4.72 Å². The fourth-order valence-corrected chi connectivity index (χ4v) is 5.04. The van der Waals surface area contributed by atoms with Crippen LogP contribution in [0.2, 0.25) is 0 Å². The topological polar surface area (TPSA) is 75.3 Å². The SMILES string of the molecule is O=C1Nc2ccc(S(=O)(=O)NCCCc3ccccc3)cc2C1=C1CCCC1. The minimum absolute atomic E-state index is 0.114. The zero-order chi connectivity index (χ0) is 19.6. The minimum Gasteiger partial charge on any atom is -0.321 e. The number of hydrogen-bond donors (Lipinski definition) is 2. The number of allylic oxidation sites excluding steroid dienone is 1. The van der Waals surface area contributed by atoms with Gasteiger partial charge in [0.1, 0.15) is 0 Å². The summed E-state index contributed by atoms with van der Waals surface area (Å²) in [4.78, 5) is 12.6. The van der Waals surface area contributed by atoms with E-state index in [-0.39, 0.29) is 10.8 Å². The van der Waals surface area contributed by atoms with E-state index in [0.29, 0.717) is 23.4 Å². The zero-order valence-corrected chi connectivity index (χ0v) is 16.5. The molecule has 0 atom stereocenters. The van der Waals surface area contributed by atoms with E-state index in [0.717, 1.165) is 44.1 Å². The molecular formula is C22H24N2O3S. The van der Waals surface area contributed by atoms with Gasteiger partial charge in [-0.3, -0.25) is 4.79 Å². The van der Waals surface area contributed by atoms with Crippen LogP contribution in [0.4, 0.5) is 5.69 Å². The van der Waals surface area contributed by atoms with Gasteiger partial charge in [0.05, 0.1) is 4.90 Å². The lowest BCUT2D eigenvalue weighted by molar-refractivity contribution is -0.110. The Morgan fingerprint density at radius 3 is 2.50 bits per heavy atom. The first kappa shape index (κ1) is 18.9. The maximum Gasteiger partial charge on any atom is 0.256 e. The maximum atomic E-state index is 12.7.